The van der Waals surface area contributed by atoms with Gasteiger partial charge in [-0.05, 0) is 53.0 Å². The highest BCUT2D eigenvalue weighted by Gasteiger charge is 2.47. The molecule has 5 heteroatoms. The molecule has 1 aliphatic rings. The molecular weight excluding hydrogens is 304 g/mol. The van der Waals surface area contributed by atoms with Gasteiger partial charge in [0, 0.05) is 13.1 Å². The van der Waals surface area contributed by atoms with Gasteiger partial charge in [0.2, 0.25) is 5.91 Å². The van der Waals surface area contributed by atoms with Gasteiger partial charge in [0.15, 0.2) is 0 Å². The Bertz CT molecular complexity index is 621. The van der Waals surface area contributed by atoms with Gasteiger partial charge >= 0.3 is 6.09 Å². The number of carbonyl (C=O) groups excluding carboxylic acids is 2. The number of nitrogens with zero attached hydrogens (tertiary/aromatic N) is 1. The predicted octanol–water partition coefficient (Wildman–Crippen LogP) is 3.40. The summed E-state index contributed by atoms with van der Waals surface area (Å²) in [5.74, 6) is -0.132. The molecule has 0 spiro atoms. The number of aryl methyl sites for hydroxylation is 1. The molecule has 0 saturated carbocycles. The lowest BCUT2D eigenvalue weighted by Crippen LogP contribution is -2.56. The third-order valence-corrected chi connectivity index (χ3v) is 4.28. The molecule has 132 valence electrons. The number of hydrogen-bond acceptors (Lipinski definition) is 3. The zero-order valence-corrected chi connectivity index (χ0v) is 15.3. The van der Waals surface area contributed by atoms with Crippen molar-refractivity contribution >= 4 is 12.0 Å². The third-order valence-electron chi connectivity index (χ3n) is 4.28. The lowest BCUT2D eigenvalue weighted by molar-refractivity contribution is -0.131. The minimum Gasteiger partial charge on any atom is -0.444 e. The average Bonchev–Trinajstić information content (AvgIpc) is 2.86. The van der Waals surface area contributed by atoms with Crippen molar-refractivity contribution in [3.05, 3.63) is 35.4 Å². The Morgan fingerprint density at radius 1 is 1.33 bits per heavy atom. The molecule has 1 atom stereocenters. The fraction of sp³-hybridized carbons (Fsp3) is 0.579. The summed E-state index contributed by atoms with van der Waals surface area (Å²) in [6.45, 7) is 10.3. The van der Waals surface area contributed by atoms with Crippen LogP contribution >= 0.6 is 0 Å². The Labute approximate surface area is 144 Å². The molecule has 1 unspecified atom stereocenters. The first kappa shape index (κ1) is 18.3. The first-order chi connectivity index (χ1) is 11.1. The van der Waals surface area contributed by atoms with Crippen molar-refractivity contribution in [2.45, 2.75) is 65.1 Å². The molecule has 1 saturated heterocycles. The first-order valence-corrected chi connectivity index (χ1v) is 8.46. The summed E-state index contributed by atoms with van der Waals surface area (Å²) >= 11 is 0. The molecule has 1 heterocycles. The number of rotatable bonds is 3. The van der Waals surface area contributed by atoms with Crippen molar-refractivity contribution in [2.75, 3.05) is 6.54 Å². The standard InChI is InChI=1S/C19H28N2O3/c1-14-8-6-9-15(12-14)13-20-16(22)19(5)10-7-11-21(19)17(23)24-18(2,3)4/h6,8-9,12H,7,10-11,13H2,1-5H3,(H,20,22). The summed E-state index contributed by atoms with van der Waals surface area (Å²) in [5, 5.41) is 2.97. The number of likely N-dealkylation sites (tertiary alicyclic amines) is 1. The Kier molecular flexibility index (Phi) is 5.21. The van der Waals surface area contributed by atoms with E-state index in [4.69, 9.17) is 4.74 Å². The monoisotopic (exact) mass is 332 g/mol. The molecule has 2 rings (SSSR count). The number of nitrogens with one attached hydrogen (secondary N) is 1. The maximum absolute atomic E-state index is 12.7. The second-order valence-electron chi connectivity index (χ2n) is 7.68. The third kappa shape index (κ3) is 4.28. The number of ether oxygens (including phenoxy) is 1. The fourth-order valence-corrected chi connectivity index (χ4v) is 3.00. The van der Waals surface area contributed by atoms with E-state index in [2.05, 4.69) is 5.32 Å². The van der Waals surface area contributed by atoms with Gasteiger partial charge in [0.05, 0.1) is 0 Å². The van der Waals surface area contributed by atoms with E-state index in [9.17, 15) is 9.59 Å². The smallest absolute Gasteiger partial charge is 0.411 e. The first-order valence-electron chi connectivity index (χ1n) is 8.46. The van der Waals surface area contributed by atoms with Crippen molar-refractivity contribution in [1.82, 2.24) is 10.2 Å². The highest BCUT2D eigenvalue weighted by atomic mass is 16.6. The lowest BCUT2D eigenvalue weighted by Gasteiger charge is -2.35. The maximum atomic E-state index is 12.7. The quantitative estimate of drug-likeness (QED) is 0.923. The molecule has 0 radical (unpaired) electrons. The largest absolute Gasteiger partial charge is 0.444 e. The average molecular weight is 332 g/mol. The molecule has 1 fully saturated rings. The Morgan fingerprint density at radius 3 is 2.67 bits per heavy atom. The van der Waals surface area contributed by atoms with Gasteiger partial charge < -0.3 is 10.1 Å². The van der Waals surface area contributed by atoms with Gasteiger partial charge in [-0.2, -0.15) is 0 Å². The van der Waals surface area contributed by atoms with Crippen LogP contribution in [0, 0.1) is 6.92 Å². The Balaban J connectivity index is 2.04. The molecular formula is C19H28N2O3. The van der Waals surface area contributed by atoms with E-state index in [0.717, 1.165) is 17.5 Å². The summed E-state index contributed by atoms with van der Waals surface area (Å²) < 4.78 is 5.45. The van der Waals surface area contributed by atoms with Crippen molar-refractivity contribution in [2.24, 2.45) is 0 Å². The van der Waals surface area contributed by atoms with Crippen LogP contribution in [0.15, 0.2) is 24.3 Å². The van der Waals surface area contributed by atoms with Crippen LogP contribution < -0.4 is 5.32 Å². The van der Waals surface area contributed by atoms with E-state index in [1.165, 1.54) is 0 Å². The summed E-state index contributed by atoms with van der Waals surface area (Å²) in [6, 6.07) is 8.02. The summed E-state index contributed by atoms with van der Waals surface area (Å²) in [7, 11) is 0. The predicted molar refractivity (Wildman–Crippen MR) is 93.6 cm³/mol. The molecule has 24 heavy (non-hydrogen) atoms. The van der Waals surface area contributed by atoms with Gasteiger partial charge in [-0.3, -0.25) is 9.69 Å². The second-order valence-corrected chi connectivity index (χ2v) is 7.68. The van der Waals surface area contributed by atoms with Gasteiger partial charge in [0.25, 0.3) is 0 Å². The highest BCUT2D eigenvalue weighted by molar-refractivity contribution is 5.90. The van der Waals surface area contributed by atoms with E-state index >= 15 is 0 Å². The molecule has 0 aromatic heterocycles. The zero-order valence-electron chi connectivity index (χ0n) is 15.3. The van der Waals surface area contributed by atoms with Crippen molar-refractivity contribution in [1.29, 1.82) is 0 Å². The van der Waals surface area contributed by atoms with Crippen LogP contribution in [0.25, 0.3) is 0 Å². The summed E-state index contributed by atoms with van der Waals surface area (Å²) in [6.07, 6.45) is 1.02. The zero-order chi connectivity index (χ0) is 18.0. The highest BCUT2D eigenvalue weighted by Crippen LogP contribution is 2.31. The van der Waals surface area contributed by atoms with Crippen LogP contribution in [-0.2, 0) is 16.1 Å². The van der Waals surface area contributed by atoms with Gasteiger partial charge in [-0.25, -0.2) is 4.79 Å². The minimum atomic E-state index is -0.855. The summed E-state index contributed by atoms with van der Waals surface area (Å²) in [4.78, 5) is 26.7. The number of amides is 2. The van der Waals surface area contributed by atoms with E-state index in [1.54, 1.807) is 4.90 Å². The minimum absolute atomic E-state index is 0.132. The molecule has 1 aromatic carbocycles. The van der Waals surface area contributed by atoms with Crippen molar-refractivity contribution in [3.63, 3.8) is 0 Å². The molecule has 0 bridgehead atoms. The topological polar surface area (TPSA) is 58.6 Å². The summed E-state index contributed by atoms with van der Waals surface area (Å²) in [5.41, 5.74) is 0.781. The number of hydrogen-bond donors (Lipinski definition) is 1. The lowest BCUT2D eigenvalue weighted by atomic mass is 9.97. The van der Waals surface area contributed by atoms with Gasteiger partial charge in [0.1, 0.15) is 11.1 Å². The maximum Gasteiger partial charge on any atom is 0.411 e. The van der Waals surface area contributed by atoms with Crippen LogP contribution in [0.2, 0.25) is 0 Å². The van der Waals surface area contributed by atoms with Crippen molar-refractivity contribution in [3.8, 4) is 0 Å². The van der Waals surface area contributed by atoms with E-state index in [1.807, 2.05) is 58.9 Å². The van der Waals surface area contributed by atoms with Gasteiger partial charge in [-0.15, -0.1) is 0 Å². The molecule has 1 aromatic rings. The molecule has 2 amide bonds. The second kappa shape index (κ2) is 6.83. The Hall–Kier alpha value is -2.04. The van der Waals surface area contributed by atoms with E-state index in [-0.39, 0.29) is 5.91 Å². The fourth-order valence-electron chi connectivity index (χ4n) is 3.00. The van der Waals surface area contributed by atoms with Crippen LogP contribution in [0.5, 0.6) is 0 Å². The number of carbonyl (C=O) groups is 2. The van der Waals surface area contributed by atoms with E-state index < -0.39 is 17.2 Å². The van der Waals surface area contributed by atoms with E-state index in [0.29, 0.717) is 19.5 Å². The molecule has 0 aliphatic carbocycles. The SMILES string of the molecule is Cc1cccc(CNC(=O)C2(C)CCCN2C(=O)OC(C)(C)C)c1. The molecule has 1 aliphatic heterocycles. The number of benzene rings is 1. The van der Waals surface area contributed by atoms with Crippen LogP contribution in [0.1, 0.15) is 51.7 Å². The molecule has 1 N–H and O–H groups in total. The van der Waals surface area contributed by atoms with Crippen LogP contribution in [-0.4, -0.2) is 34.6 Å². The van der Waals surface area contributed by atoms with Crippen LogP contribution in [0.4, 0.5) is 4.79 Å². The van der Waals surface area contributed by atoms with Crippen LogP contribution in [0.3, 0.4) is 0 Å². The van der Waals surface area contributed by atoms with Crippen molar-refractivity contribution < 1.29 is 14.3 Å². The normalized spacial score (nSPS) is 20.8. The molecule has 5 nitrogen and oxygen atoms in total. The Morgan fingerprint density at radius 2 is 2.04 bits per heavy atom. The van der Waals surface area contributed by atoms with Gasteiger partial charge in [-0.1, -0.05) is 29.8 Å².